The Morgan fingerprint density at radius 2 is 1.85 bits per heavy atom. The van der Waals surface area contributed by atoms with Crippen LogP contribution in [-0.4, -0.2) is 29.1 Å². The van der Waals surface area contributed by atoms with Crippen LogP contribution in [0.25, 0.3) is 0 Å². The van der Waals surface area contributed by atoms with Crippen LogP contribution in [0.15, 0.2) is 0 Å². The van der Waals surface area contributed by atoms with E-state index in [9.17, 15) is 9.59 Å². The van der Waals surface area contributed by atoms with Crippen molar-refractivity contribution in [1.29, 1.82) is 0 Å². The molecule has 3 N–H and O–H groups in total. The lowest BCUT2D eigenvalue weighted by Crippen LogP contribution is -2.35. The fourth-order valence-electron chi connectivity index (χ4n) is 0.413. The van der Waals surface area contributed by atoms with Crippen LogP contribution >= 0.6 is 0 Å². The van der Waals surface area contributed by atoms with Gasteiger partial charge in [0.1, 0.15) is 5.60 Å². The lowest BCUT2D eigenvalue weighted by atomic mass is 10.2. The van der Waals surface area contributed by atoms with Gasteiger partial charge in [-0.25, -0.2) is 9.59 Å². The maximum absolute atomic E-state index is 10.7. The zero-order valence-corrected chi connectivity index (χ0v) is 7.73. The number of hydrogen-bond donors (Lipinski definition) is 2. The van der Waals surface area contributed by atoms with Crippen molar-refractivity contribution in [3.05, 3.63) is 0 Å². The van der Waals surface area contributed by atoms with Crippen LogP contribution in [0.1, 0.15) is 20.8 Å². The second kappa shape index (κ2) is 4.20. The van der Waals surface area contributed by atoms with Crippen molar-refractivity contribution in [3.8, 4) is 0 Å². The molecule has 0 amide bonds. The van der Waals surface area contributed by atoms with E-state index in [4.69, 9.17) is 10.8 Å². The summed E-state index contributed by atoms with van der Waals surface area (Å²) in [7, 11) is 0. The largest absolute Gasteiger partial charge is 0.516 e. The smallest absolute Gasteiger partial charge is 0.428 e. The normalized spacial score (nSPS) is 13.3. The van der Waals surface area contributed by atoms with E-state index < -0.39 is 24.0 Å². The van der Waals surface area contributed by atoms with Crippen LogP contribution < -0.4 is 5.73 Å². The molecule has 76 valence electrons. The molecular formula is C7H13NO5. The summed E-state index contributed by atoms with van der Waals surface area (Å²) in [4.78, 5) is 21.3. The molecule has 0 aromatic heterocycles. The number of rotatable bonds is 1. The van der Waals surface area contributed by atoms with E-state index in [2.05, 4.69) is 9.47 Å². The molecule has 0 spiro atoms. The third-order valence-corrected chi connectivity index (χ3v) is 0.815. The van der Waals surface area contributed by atoms with Crippen molar-refractivity contribution in [1.82, 2.24) is 0 Å². The van der Waals surface area contributed by atoms with Crippen molar-refractivity contribution in [2.75, 3.05) is 0 Å². The molecule has 13 heavy (non-hydrogen) atoms. The molecule has 0 aliphatic heterocycles. The summed E-state index contributed by atoms with van der Waals surface area (Å²) in [6, 6.07) is 0. The minimum atomic E-state index is -1.83. The average Bonchev–Trinajstić information content (AvgIpc) is 1.81. The zero-order chi connectivity index (χ0) is 10.6. The molecule has 0 radical (unpaired) electrons. The van der Waals surface area contributed by atoms with E-state index in [0.29, 0.717) is 0 Å². The topological polar surface area (TPSA) is 98.9 Å². The Kier molecular flexibility index (Phi) is 3.83. The molecule has 0 saturated carbocycles. The maximum Gasteiger partial charge on any atom is 0.516 e. The number of carbonyl (C=O) groups is 2. The number of aliphatic hydroxyl groups is 1. The van der Waals surface area contributed by atoms with Crippen LogP contribution in [0.3, 0.4) is 0 Å². The first-order chi connectivity index (χ1) is 5.72. The Morgan fingerprint density at radius 1 is 1.38 bits per heavy atom. The second-order valence-corrected chi connectivity index (χ2v) is 3.33. The molecule has 0 heterocycles. The van der Waals surface area contributed by atoms with Crippen LogP contribution in [0.2, 0.25) is 0 Å². The second-order valence-electron chi connectivity index (χ2n) is 3.33. The van der Waals surface area contributed by atoms with E-state index in [-0.39, 0.29) is 0 Å². The first kappa shape index (κ1) is 11.9. The third-order valence-electron chi connectivity index (χ3n) is 0.815. The lowest BCUT2D eigenvalue weighted by molar-refractivity contribution is -0.150. The van der Waals surface area contributed by atoms with E-state index in [1.54, 1.807) is 20.8 Å². The van der Waals surface area contributed by atoms with Gasteiger partial charge in [-0.2, -0.15) is 0 Å². The molecular weight excluding hydrogens is 178 g/mol. The van der Waals surface area contributed by atoms with Gasteiger partial charge in [0.05, 0.1) is 0 Å². The lowest BCUT2D eigenvalue weighted by Gasteiger charge is -2.18. The standard InChI is InChI=1S/C7H13NO5/c1-7(2,3)13-6(11)12-5(10)4(8)9/h4,9H,8H2,1-3H3. The zero-order valence-electron chi connectivity index (χ0n) is 7.73. The van der Waals surface area contributed by atoms with Gasteiger partial charge in [0.2, 0.25) is 6.23 Å². The third kappa shape index (κ3) is 6.06. The molecule has 1 unspecified atom stereocenters. The van der Waals surface area contributed by atoms with Crippen molar-refractivity contribution in [2.24, 2.45) is 5.73 Å². The highest BCUT2D eigenvalue weighted by atomic mass is 16.8. The van der Waals surface area contributed by atoms with Crippen LogP contribution in [0, 0.1) is 0 Å². The van der Waals surface area contributed by atoms with Crippen molar-refractivity contribution in [2.45, 2.75) is 32.6 Å². The first-order valence-corrected chi connectivity index (χ1v) is 3.60. The molecule has 0 aliphatic rings. The molecule has 6 heteroatoms. The number of aliphatic hydroxyl groups excluding tert-OH is 1. The Labute approximate surface area is 75.6 Å². The van der Waals surface area contributed by atoms with E-state index in [0.717, 1.165) is 0 Å². The van der Waals surface area contributed by atoms with Gasteiger partial charge in [0, 0.05) is 0 Å². The minimum absolute atomic E-state index is 0.753. The molecule has 0 bridgehead atoms. The summed E-state index contributed by atoms with van der Waals surface area (Å²) in [6.07, 6.45) is -3.01. The first-order valence-electron chi connectivity index (χ1n) is 3.60. The maximum atomic E-state index is 10.7. The number of esters is 1. The molecule has 0 aromatic carbocycles. The fourth-order valence-corrected chi connectivity index (χ4v) is 0.413. The number of ether oxygens (including phenoxy) is 2. The highest BCUT2D eigenvalue weighted by Crippen LogP contribution is 2.08. The summed E-state index contributed by atoms with van der Waals surface area (Å²) in [5.74, 6) is -1.24. The van der Waals surface area contributed by atoms with Crippen molar-refractivity contribution < 1.29 is 24.2 Å². The van der Waals surface area contributed by atoms with Crippen molar-refractivity contribution in [3.63, 3.8) is 0 Å². The minimum Gasteiger partial charge on any atom is -0.428 e. The molecule has 6 nitrogen and oxygen atoms in total. The van der Waals surface area contributed by atoms with Gasteiger partial charge in [-0.15, -0.1) is 0 Å². The van der Waals surface area contributed by atoms with Gasteiger partial charge in [0.15, 0.2) is 0 Å². The van der Waals surface area contributed by atoms with Gasteiger partial charge in [-0.05, 0) is 20.8 Å². The van der Waals surface area contributed by atoms with Crippen molar-refractivity contribution >= 4 is 12.1 Å². The van der Waals surface area contributed by atoms with Crippen LogP contribution in [-0.2, 0) is 14.3 Å². The highest BCUT2D eigenvalue weighted by molar-refractivity contribution is 5.84. The summed E-state index contributed by atoms with van der Waals surface area (Å²) in [6.45, 7) is 4.83. The van der Waals surface area contributed by atoms with Gasteiger partial charge >= 0.3 is 12.1 Å². The average molecular weight is 191 g/mol. The van der Waals surface area contributed by atoms with Gasteiger partial charge in [-0.1, -0.05) is 0 Å². The summed E-state index contributed by atoms with van der Waals surface area (Å²) in [5.41, 5.74) is 3.97. The highest BCUT2D eigenvalue weighted by Gasteiger charge is 2.22. The Bertz CT molecular complexity index is 205. The van der Waals surface area contributed by atoms with Crippen LogP contribution in [0.5, 0.6) is 0 Å². The molecule has 0 aliphatic carbocycles. The molecule has 0 saturated heterocycles. The van der Waals surface area contributed by atoms with Gasteiger partial charge in [0.25, 0.3) is 0 Å². The summed E-state index contributed by atoms with van der Waals surface area (Å²) in [5, 5.41) is 8.46. The molecule has 0 aromatic rings. The fraction of sp³-hybridized carbons (Fsp3) is 0.714. The van der Waals surface area contributed by atoms with E-state index in [1.165, 1.54) is 0 Å². The summed E-state index contributed by atoms with van der Waals surface area (Å²) < 4.78 is 8.62. The van der Waals surface area contributed by atoms with Gasteiger partial charge < -0.3 is 14.6 Å². The number of carbonyl (C=O) groups excluding carboxylic acids is 2. The molecule has 0 rings (SSSR count). The van der Waals surface area contributed by atoms with Crippen LogP contribution in [0.4, 0.5) is 4.79 Å². The monoisotopic (exact) mass is 191 g/mol. The Hall–Kier alpha value is -1.14. The Balaban J connectivity index is 3.96. The number of hydrogen-bond acceptors (Lipinski definition) is 6. The Morgan fingerprint density at radius 3 is 2.15 bits per heavy atom. The molecule has 1 atom stereocenters. The predicted octanol–water partition coefficient (Wildman–Crippen LogP) is -0.258. The number of nitrogens with two attached hydrogens (primary N) is 1. The summed E-state index contributed by atoms with van der Waals surface area (Å²) >= 11 is 0. The van der Waals surface area contributed by atoms with E-state index in [1.807, 2.05) is 0 Å². The van der Waals surface area contributed by atoms with Gasteiger partial charge in [-0.3, -0.25) is 5.73 Å². The quantitative estimate of drug-likeness (QED) is 0.336. The predicted molar refractivity (Wildman–Crippen MR) is 42.5 cm³/mol. The molecule has 0 fully saturated rings. The SMILES string of the molecule is CC(C)(C)OC(=O)OC(=O)C(N)O. The van der Waals surface area contributed by atoms with E-state index >= 15 is 0 Å².